The molecule has 0 aliphatic heterocycles. The summed E-state index contributed by atoms with van der Waals surface area (Å²) >= 11 is 4.86. The van der Waals surface area contributed by atoms with Gasteiger partial charge in [0.2, 0.25) is 5.95 Å². The Bertz CT molecular complexity index is 745. The van der Waals surface area contributed by atoms with Crippen molar-refractivity contribution >= 4 is 33.2 Å². The Labute approximate surface area is 122 Å². The van der Waals surface area contributed by atoms with Crippen molar-refractivity contribution in [3.05, 3.63) is 47.8 Å². The van der Waals surface area contributed by atoms with Gasteiger partial charge in [-0.25, -0.2) is 23.1 Å². The first-order chi connectivity index (χ1) is 9.40. The van der Waals surface area contributed by atoms with Gasteiger partial charge in [0.05, 0.1) is 4.90 Å². The maximum Gasteiger partial charge on any atom is 0.264 e. The molecule has 0 aliphatic rings. The fourth-order valence-electron chi connectivity index (χ4n) is 1.63. The summed E-state index contributed by atoms with van der Waals surface area (Å²) in [5, 5.41) is 0. The molecule has 104 valence electrons. The molecule has 0 amide bonds. The van der Waals surface area contributed by atoms with Crippen molar-refractivity contribution in [3.63, 3.8) is 0 Å². The van der Waals surface area contributed by atoms with Crippen LogP contribution >= 0.6 is 12.2 Å². The molecular weight excluding hydrogens is 296 g/mol. The molecule has 0 radical (unpaired) electrons. The molecule has 0 spiro atoms. The third kappa shape index (κ3) is 3.09. The molecule has 3 N–H and O–H groups in total. The minimum Gasteiger partial charge on any atom is -0.389 e. The summed E-state index contributed by atoms with van der Waals surface area (Å²) in [4.78, 5) is 7.99. The molecule has 0 saturated heterocycles. The molecule has 1 aromatic heterocycles. The smallest absolute Gasteiger partial charge is 0.264 e. The Balaban J connectivity index is 2.37. The van der Waals surface area contributed by atoms with Crippen LogP contribution in [0.5, 0.6) is 0 Å². The highest BCUT2D eigenvalue weighted by Crippen LogP contribution is 2.18. The van der Waals surface area contributed by atoms with Crippen molar-refractivity contribution in [2.45, 2.75) is 11.8 Å². The number of nitrogens with two attached hydrogens (primary N) is 1. The van der Waals surface area contributed by atoms with E-state index in [9.17, 15) is 8.42 Å². The van der Waals surface area contributed by atoms with Crippen LogP contribution in [0.25, 0.3) is 0 Å². The summed E-state index contributed by atoms with van der Waals surface area (Å²) in [6.45, 7) is 1.67. The van der Waals surface area contributed by atoms with Gasteiger partial charge in [0, 0.05) is 18.0 Å². The third-order valence-corrected chi connectivity index (χ3v) is 4.26. The number of benzene rings is 1. The average Bonchev–Trinajstić information content (AvgIpc) is 2.38. The van der Waals surface area contributed by atoms with Crippen molar-refractivity contribution < 1.29 is 8.42 Å². The van der Waals surface area contributed by atoms with Gasteiger partial charge in [-0.15, -0.1) is 0 Å². The van der Waals surface area contributed by atoms with Crippen molar-refractivity contribution in [2.24, 2.45) is 5.73 Å². The molecule has 0 aliphatic carbocycles. The van der Waals surface area contributed by atoms with Gasteiger partial charge in [0.15, 0.2) is 0 Å². The minimum absolute atomic E-state index is 0.0188. The van der Waals surface area contributed by atoms with Crippen LogP contribution in [-0.4, -0.2) is 23.4 Å². The van der Waals surface area contributed by atoms with Crippen LogP contribution in [0, 0.1) is 6.92 Å². The Morgan fingerprint density at radius 1 is 1.30 bits per heavy atom. The van der Waals surface area contributed by atoms with Gasteiger partial charge in [-0.05, 0) is 30.7 Å². The van der Waals surface area contributed by atoms with Gasteiger partial charge in [-0.3, -0.25) is 0 Å². The van der Waals surface area contributed by atoms with E-state index in [0.29, 0.717) is 11.1 Å². The summed E-state index contributed by atoms with van der Waals surface area (Å²) in [6, 6.07) is 6.24. The van der Waals surface area contributed by atoms with Crippen LogP contribution in [0.1, 0.15) is 11.1 Å². The molecule has 8 heteroatoms. The summed E-state index contributed by atoms with van der Waals surface area (Å²) in [5.41, 5.74) is 6.67. The molecule has 0 unspecified atom stereocenters. The minimum atomic E-state index is -3.75. The zero-order valence-corrected chi connectivity index (χ0v) is 12.2. The first-order valence-corrected chi connectivity index (χ1v) is 7.49. The number of nitrogens with one attached hydrogen (secondary N) is 1. The van der Waals surface area contributed by atoms with Gasteiger partial charge in [-0.1, -0.05) is 18.3 Å². The van der Waals surface area contributed by atoms with Crippen molar-refractivity contribution in [2.75, 3.05) is 4.72 Å². The molecule has 0 bridgehead atoms. The van der Waals surface area contributed by atoms with Crippen molar-refractivity contribution in [1.82, 2.24) is 9.97 Å². The lowest BCUT2D eigenvalue weighted by molar-refractivity contribution is 0.600. The number of hydrogen-bond acceptors (Lipinski definition) is 5. The lowest BCUT2D eigenvalue weighted by Gasteiger charge is -2.10. The summed E-state index contributed by atoms with van der Waals surface area (Å²) in [7, 11) is -3.75. The van der Waals surface area contributed by atoms with Crippen LogP contribution in [0.4, 0.5) is 5.95 Å². The highest BCUT2D eigenvalue weighted by Gasteiger charge is 2.18. The quantitative estimate of drug-likeness (QED) is 0.824. The highest BCUT2D eigenvalue weighted by atomic mass is 32.2. The lowest BCUT2D eigenvalue weighted by atomic mass is 10.1. The predicted octanol–water partition coefficient (Wildman–Crippen LogP) is 1.22. The second-order valence-electron chi connectivity index (χ2n) is 4.02. The zero-order chi connectivity index (χ0) is 14.8. The van der Waals surface area contributed by atoms with Crippen molar-refractivity contribution in [3.8, 4) is 0 Å². The predicted molar refractivity (Wildman–Crippen MR) is 79.9 cm³/mol. The molecular formula is C12H12N4O2S2. The molecule has 0 fully saturated rings. The van der Waals surface area contributed by atoms with E-state index in [4.69, 9.17) is 18.0 Å². The molecule has 0 saturated carbocycles. The monoisotopic (exact) mass is 308 g/mol. The number of aromatic nitrogens is 2. The van der Waals surface area contributed by atoms with Crippen LogP contribution < -0.4 is 10.5 Å². The summed E-state index contributed by atoms with van der Waals surface area (Å²) < 4.78 is 26.8. The van der Waals surface area contributed by atoms with Gasteiger partial charge < -0.3 is 5.73 Å². The Kier molecular flexibility index (Phi) is 3.96. The van der Waals surface area contributed by atoms with E-state index >= 15 is 0 Å². The summed E-state index contributed by atoms with van der Waals surface area (Å²) in [6.07, 6.45) is 2.90. The summed E-state index contributed by atoms with van der Waals surface area (Å²) in [5.74, 6) is 0.0188. The SMILES string of the molecule is Cc1cc(C(N)=S)ccc1S(=O)(=O)Nc1ncccn1. The molecule has 2 aromatic rings. The van der Waals surface area contributed by atoms with Crippen molar-refractivity contribution in [1.29, 1.82) is 0 Å². The largest absolute Gasteiger partial charge is 0.389 e. The van der Waals surface area contributed by atoms with Crippen LogP contribution in [0.15, 0.2) is 41.6 Å². The van der Waals surface area contributed by atoms with Crippen LogP contribution in [0.2, 0.25) is 0 Å². The Morgan fingerprint density at radius 2 is 1.95 bits per heavy atom. The topological polar surface area (TPSA) is 98.0 Å². The van der Waals surface area contributed by atoms with E-state index in [1.54, 1.807) is 25.1 Å². The molecule has 6 nitrogen and oxygen atoms in total. The van der Waals surface area contributed by atoms with Crippen LogP contribution in [0.3, 0.4) is 0 Å². The normalized spacial score (nSPS) is 11.1. The molecule has 1 aromatic carbocycles. The van der Waals surface area contributed by atoms with E-state index in [1.165, 1.54) is 18.5 Å². The van der Waals surface area contributed by atoms with E-state index in [-0.39, 0.29) is 15.8 Å². The second-order valence-corrected chi connectivity index (χ2v) is 6.11. The van der Waals surface area contributed by atoms with Gasteiger partial charge >= 0.3 is 0 Å². The fraction of sp³-hybridized carbons (Fsp3) is 0.0833. The molecule has 1 heterocycles. The zero-order valence-electron chi connectivity index (χ0n) is 10.6. The van der Waals surface area contributed by atoms with E-state index < -0.39 is 10.0 Å². The molecule has 20 heavy (non-hydrogen) atoms. The van der Waals surface area contributed by atoms with E-state index in [1.807, 2.05) is 0 Å². The third-order valence-electron chi connectivity index (χ3n) is 2.54. The Morgan fingerprint density at radius 3 is 2.50 bits per heavy atom. The van der Waals surface area contributed by atoms with Gasteiger partial charge in [0.25, 0.3) is 10.0 Å². The van der Waals surface area contributed by atoms with Gasteiger partial charge in [-0.2, -0.15) is 0 Å². The van der Waals surface area contributed by atoms with Crippen LogP contribution in [-0.2, 0) is 10.0 Å². The molecule has 0 atom stereocenters. The number of anilines is 1. The Hall–Kier alpha value is -2.06. The maximum absolute atomic E-state index is 12.2. The fourth-order valence-corrected chi connectivity index (χ4v) is 2.94. The number of aryl methyl sites for hydroxylation is 1. The van der Waals surface area contributed by atoms with E-state index in [2.05, 4.69) is 14.7 Å². The first kappa shape index (κ1) is 14.4. The lowest BCUT2D eigenvalue weighted by Crippen LogP contribution is -2.17. The van der Waals surface area contributed by atoms with E-state index in [0.717, 1.165) is 0 Å². The number of thiocarbonyl (C=S) groups is 1. The van der Waals surface area contributed by atoms with Gasteiger partial charge in [0.1, 0.15) is 4.99 Å². The standard InChI is InChI=1S/C12H12N4O2S2/c1-8-7-9(11(13)19)3-4-10(8)20(17,18)16-12-14-5-2-6-15-12/h2-7H,1H3,(H2,13,19)(H,14,15,16). The highest BCUT2D eigenvalue weighted by molar-refractivity contribution is 7.92. The second kappa shape index (κ2) is 5.51. The average molecular weight is 308 g/mol. The maximum atomic E-state index is 12.2. The number of rotatable bonds is 4. The first-order valence-electron chi connectivity index (χ1n) is 5.60. The number of nitrogens with zero attached hydrogens (tertiary/aromatic N) is 2. The number of hydrogen-bond donors (Lipinski definition) is 2. The number of sulfonamides is 1. The molecule has 2 rings (SSSR count).